The number of rotatable bonds is 3. The molecule has 0 spiro atoms. The second-order valence-corrected chi connectivity index (χ2v) is 5.50. The highest BCUT2D eigenvalue weighted by atomic mass is 19.1. The number of fused-ring (bicyclic) bond motifs is 1. The number of hydrogen-bond donors (Lipinski definition) is 1. The molecule has 0 aliphatic carbocycles. The summed E-state index contributed by atoms with van der Waals surface area (Å²) >= 11 is 0. The van der Waals surface area contributed by atoms with Gasteiger partial charge in [0.1, 0.15) is 11.9 Å². The average molecular weight is 279 g/mol. The Balaban J connectivity index is 1.84. The number of ether oxygens (including phenoxy) is 1. The zero-order valence-electron chi connectivity index (χ0n) is 11.2. The third-order valence-electron chi connectivity index (χ3n) is 4.32. The maximum atomic E-state index is 13.9. The maximum absolute atomic E-state index is 13.9. The SMILES string of the molecule is O=C(O)C(c1ccccc1F)N1CC[C@@H]2OCC[C@@H]2C1. The van der Waals surface area contributed by atoms with Gasteiger partial charge in [0.25, 0.3) is 0 Å². The van der Waals surface area contributed by atoms with Crippen molar-refractivity contribution in [2.24, 2.45) is 5.92 Å². The molecule has 2 aliphatic heterocycles. The van der Waals surface area contributed by atoms with Gasteiger partial charge in [-0.25, -0.2) is 4.39 Å². The largest absolute Gasteiger partial charge is 0.480 e. The van der Waals surface area contributed by atoms with E-state index in [2.05, 4.69) is 0 Å². The highest BCUT2D eigenvalue weighted by molar-refractivity contribution is 5.75. The molecule has 3 atom stereocenters. The molecule has 0 bridgehead atoms. The first-order chi connectivity index (χ1) is 9.66. The van der Waals surface area contributed by atoms with E-state index in [0.29, 0.717) is 19.0 Å². The summed E-state index contributed by atoms with van der Waals surface area (Å²) in [6.45, 7) is 2.04. The van der Waals surface area contributed by atoms with Crippen LogP contribution in [0.5, 0.6) is 0 Å². The van der Waals surface area contributed by atoms with Gasteiger partial charge in [0.15, 0.2) is 0 Å². The Kier molecular flexibility index (Phi) is 3.72. The highest BCUT2D eigenvalue weighted by Gasteiger charge is 2.39. The summed E-state index contributed by atoms with van der Waals surface area (Å²) in [7, 11) is 0. The van der Waals surface area contributed by atoms with E-state index in [0.717, 1.165) is 19.4 Å². The number of nitrogens with zero attached hydrogens (tertiary/aromatic N) is 1. The molecule has 2 aliphatic rings. The van der Waals surface area contributed by atoms with Gasteiger partial charge in [0.05, 0.1) is 6.10 Å². The number of aliphatic carboxylic acids is 1. The van der Waals surface area contributed by atoms with E-state index in [9.17, 15) is 14.3 Å². The Hall–Kier alpha value is -1.46. The van der Waals surface area contributed by atoms with Gasteiger partial charge >= 0.3 is 5.97 Å². The molecule has 1 aromatic rings. The average Bonchev–Trinajstić information content (AvgIpc) is 2.88. The van der Waals surface area contributed by atoms with Gasteiger partial charge < -0.3 is 9.84 Å². The Morgan fingerprint density at radius 2 is 2.20 bits per heavy atom. The third-order valence-corrected chi connectivity index (χ3v) is 4.32. The molecular weight excluding hydrogens is 261 g/mol. The molecule has 1 N–H and O–H groups in total. The first-order valence-electron chi connectivity index (χ1n) is 6.99. The van der Waals surface area contributed by atoms with Gasteiger partial charge in [-0.15, -0.1) is 0 Å². The van der Waals surface area contributed by atoms with Gasteiger partial charge in [0, 0.05) is 31.2 Å². The van der Waals surface area contributed by atoms with Gasteiger partial charge in [0.2, 0.25) is 0 Å². The molecule has 1 aromatic carbocycles. The van der Waals surface area contributed by atoms with E-state index in [1.807, 2.05) is 4.90 Å². The molecule has 3 rings (SSSR count). The Morgan fingerprint density at radius 1 is 1.40 bits per heavy atom. The number of carboxylic acid groups (broad SMARTS) is 1. The van der Waals surface area contributed by atoms with Crippen LogP contribution in [0.25, 0.3) is 0 Å². The van der Waals surface area contributed by atoms with E-state index in [4.69, 9.17) is 4.74 Å². The molecule has 1 unspecified atom stereocenters. The monoisotopic (exact) mass is 279 g/mol. The van der Waals surface area contributed by atoms with Crippen LogP contribution in [0.15, 0.2) is 24.3 Å². The Bertz CT molecular complexity index is 508. The lowest BCUT2D eigenvalue weighted by Gasteiger charge is -2.37. The van der Waals surface area contributed by atoms with Crippen molar-refractivity contribution >= 4 is 5.97 Å². The Labute approximate surface area is 117 Å². The predicted molar refractivity (Wildman–Crippen MR) is 70.8 cm³/mol. The van der Waals surface area contributed by atoms with Crippen molar-refractivity contribution in [3.8, 4) is 0 Å². The van der Waals surface area contributed by atoms with Gasteiger partial charge in [-0.2, -0.15) is 0 Å². The number of likely N-dealkylation sites (tertiary alicyclic amines) is 1. The van der Waals surface area contributed by atoms with Crippen LogP contribution in [-0.2, 0) is 9.53 Å². The van der Waals surface area contributed by atoms with Crippen molar-refractivity contribution in [3.05, 3.63) is 35.6 Å². The lowest BCUT2D eigenvalue weighted by molar-refractivity contribution is -0.145. The Morgan fingerprint density at radius 3 is 2.95 bits per heavy atom. The molecule has 2 fully saturated rings. The molecule has 5 heteroatoms. The summed E-state index contributed by atoms with van der Waals surface area (Å²) in [4.78, 5) is 13.5. The molecule has 0 saturated carbocycles. The number of carbonyl (C=O) groups is 1. The van der Waals surface area contributed by atoms with E-state index in [1.165, 1.54) is 6.07 Å². The fourth-order valence-corrected chi connectivity index (χ4v) is 3.32. The van der Waals surface area contributed by atoms with Crippen LogP contribution < -0.4 is 0 Å². The van der Waals surface area contributed by atoms with Gasteiger partial charge in [-0.1, -0.05) is 18.2 Å². The molecule has 108 valence electrons. The molecular formula is C15H18FNO3. The normalized spacial score (nSPS) is 28.1. The summed E-state index contributed by atoms with van der Waals surface area (Å²) in [6, 6.07) is 5.23. The fraction of sp³-hybridized carbons (Fsp3) is 0.533. The number of benzene rings is 1. The van der Waals surface area contributed by atoms with Crippen LogP contribution in [-0.4, -0.2) is 41.8 Å². The van der Waals surface area contributed by atoms with E-state index >= 15 is 0 Å². The summed E-state index contributed by atoms with van der Waals surface area (Å²) in [5.74, 6) is -1.07. The summed E-state index contributed by atoms with van der Waals surface area (Å²) < 4.78 is 19.5. The minimum absolute atomic E-state index is 0.248. The number of carboxylic acids is 1. The zero-order valence-corrected chi connectivity index (χ0v) is 11.2. The standard InChI is InChI=1S/C15H18FNO3/c16-12-4-2-1-3-11(12)14(15(18)19)17-7-5-13-10(9-17)6-8-20-13/h1-4,10,13-14H,5-9H2,(H,18,19)/t10-,13+,14?/m1/s1. The number of hydrogen-bond acceptors (Lipinski definition) is 3. The van der Waals surface area contributed by atoms with Crippen molar-refractivity contribution in [2.75, 3.05) is 19.7 Å². The van der Waals surface area contributed by atoms with Crippen LogP contribution in [0, 0.1) is 11.7 Å². The van der Waals surface area contributed by atoms with Crippen LogP contribution in [0.3, 0.4) is 0 Å². The van der Waals surface area contributed by atoms with Gasteiger partial charge in [-0.05, 0) is 18.9 Å². The molecule has 0 aromatic heterocycles. The van der Waals surface area contributed by atoms with Crippen molar-refractivity contribution in [2.45, 2.75) is 25.0 Å². The smallest absolute Gasteiger partial charge is 0.325 e. The second kappa shape index (κ2) is 5.50. The van der Waals surface area contributed by atoms with Crippen molar-refractivity contribution in [1.82, 2.24) is 4.90 Å². The van der Waals surface area contributed by atoms with Crippen molar-refractivity contribution < 1.29 is 19.0 Å². The first-order valence-corrected chi connectivity index (χ1v) is 6.99. The van der Waals surface area contributed by atoms with E-state index in [1.54, 1.807) is 18.2 Å². The number of piperidine rings is 1. The van der Waals surface area contributed by atoms with Crippen LogP contribution in [0.2, 0.25) is 0 Å². The quantitative estimate of drug-likeness (QED) is 0.920. The lowest BCUT2D eigenvalue weighted by atomic mass is 9.92. The minimum atomic E-state index is -0.993. The third kappa shape index (κ3) is 2.43. The maximum Gasteiger partial charge on any atom is 0.325 e. The summed E-state index contributed by atoms with van der Waals surface area (Å²) in [5, 5.41) is 9.50. The van der Waals surface area contributed by atoms with Crippen LogP contribution in [0.1, 0.15) is 24.4 Å². The molecule has 2 saturated heterocycles. The van der Waals surface area contributed by atoms with E-state index in [-0.39, 0.29) is 11.7 Å². The molecule has 20 heavy (non-hydrogen) atoms. The van der Waals surface area contributed by atoms with Crippen LogP contribution in [0.4, 0.5) is 4.39 Å². The lowest BCUT2D eigenvalue weighted by Crippen LogP contribution is -2.45. The fourth-order valence-electron chi connectivity index (χ4n) is 3.32. The second-order valence-electron chi connectivity index (χ2n) is 5.50. The number of halogens is 1. The molecule has 0 amide bonds. The highest BCUT2D eigenvalue weighted by Crippen LogP contribution is 2.34. The zero-order chi connectivity index (χ0) is 14.1. The molecule has 4 nitrogen and oxygen atoms in total. The summed E-state index contributed by atoms with van der Waals surface area (Å²) in [5.41, 5.74) is 0.248. The van der Waals surface area contributed by atoms with Crippen molar-refractivity contribution in [3.63, 3.8) is 0 Å². The molecule has 2 heterocycles. The predicted octanol–water partition coefficient (Wildman–Crippen LogP) is 2.06. The van der Waals surface area contributed by atoms with Crippen LogP contribution >= 0.6 is 0 Å². The minimum Gasteiger partial charge on any atom is -0.480 e. The summed E-state index contributed by atoms with van der Waals surface area (Å²) in [6.07, 6.45) is 2.04. The van der Waals surface area contributed by atoms with E-state index < -0.39 is 17.8 Å². The topological polar surface area (TPSA) is 49.8 Å². The molecule has 0 radical (unpaired) electrons. The first kappa shape index (κ1) is 13.5. The van der Waals surface area contributed by atoms with Crippen molar-refractivity contribution in [1.29, 1.82) is 0 Å². The van der Waals surface area contributed by atoms with Gasteiger partial charge in [-0.3, -0.25) is 9.69 Å².